The highest BCUT2D eigenvalue weighted by Crippen LogP contribution is 2.30. The maximum atomic E-state index is 5.73. The van der Waals surface area contributed by atoms with Crippen LogP contribution in [0.5, 0.6) is 0 Å². The number of rotatable bonds is 4. The van der Waals surface area contributed by atoms with E-state index in [0.29, 0.717) is 5.22 Å². The van der Waals surface area contributed by atoms with Gasteiger partial charge in [-0.3, -0.25) is 0 Å². The summed E-state index contributed by atoms with van der Waals surface area (Å²) in [6.07, 6.45) is 0. The van der Waals surface area contributed by atoms with Crippen LogP contribution < -0.4 is 5.32 Å². The Balaban J connectivity index is 1.85. The first-order chi connectivity index (χ1) is 9.76. The standard InChI is InChI=1S/C16H16N2OS/c1-11-9-13(8-7-12(11)10-17-2)20-16-18-14-5-3-4-6-15(14)19-16/h3-9,17H,10H2,1-2H3. The first kappa shape index (κ1) is 13.2. The van der Waals surface area contributed by atoms with Crippen LogP contribution in [0.1, 0.15) is 11.1 Å². The number of hydrogen-bond acceptors (Lipinski definition) is 4. The normalized spacial score (nSPS) is 11.1. The van der Waals surface area contributed by atoms with Crippen molar-refractivity contribution in [2.24, 2.45) is 0 Å². The predicted molar refractivity (Wildman–Crippen MR) is 82.1 cm³/mol. The second-order valence-corrected chi connectivity index (χ2v) is 5.69. The van der Waals surface area contributed by atoms with E-state index in [1.54, 1.807) is 11.8 Å². The molecule has 0 aliphatic rings. The van der Waals surface area contributed by atoms with Gasteiger partial charge < -0.3 is 9.73 Å². The molecule has 0 aliphatic heterocycles. The largest absolute Gasteiger partial charge is 0.431 e. The maximum Gasteiger partial charge on any atom is 0.261 e. The Kier molecular flexibility index (Phi) is 3.76. The molecule has 0 amide bonds. The van der Waals surface area contributed by atoms with E-state index in [0.717, 1.165) is 22.5 Å². The Labute approximate surface area is 122 Å². The molecule has 0 aliphatic carbocycles. The van der Waals surface area contributed by atoms with Gasteiger partial charge in [0.25, 0.3) is 5.22 Å². The molecule has 20 heavy (non-hydrogen) atoms. The van der Waals surface area contributed by atoms with Gasteiger partial charge >= 0.3 is 0 Å². The van der Waals surface area contributed by atoms with E-state index in [1.165, 1.54) is 11.1 Å². The van der Waals surface area contributed by atoms with Crippen LogP contribution in [0, 0.1) is 6.92 Å². The van der Waals surface area contributed by atoms with E-state index < -0.39 is 0 Å². The second-order valence-electron chi connectivity index (χ2n) is 4.67. The highest BCUT2D eigenvalue weighted by Gasteiger charge is 2.08. The van der Waals surface area contributed by atoms with Gasteiger partial charge in [0, 0.05) is 11.4 Å². The molecular weight excluding hydrogens is 268 g/mol. The average Bonchev–Trinajstić information content (AvgIpc) is 2.84. The van der Waals surface area contributed by atoms with Crippen LogP contribution in [0.3, 0.4) is 0 Å². The first-order valence-corrected chi connectivity index (χ1v) is 7.35. The summed E-state index contributed by atoms with van der Waals surface area (Å²) in [5.74, 6) is 0. The summed E-state index contributed by atoms with van der Waals surface area (Å²) in [6, 6.07) is 14.3. The Morgan fingerprint density at radius 2 is 2.05 bits per heavy atom. The molecule has 0 fully saturated rings. The summed E-state index contributed by atoms with van der Waals surface area (Å²) in [7, 11) is 1.96. The summed E-state index contributed by atoms with van der Waals surface area (Å²) >= 11 is 1.56. The summed E-state index contributed by atoms with van der Waals surface area (Å²) in [6.45, 7) is 3.02. The van der Waals surface area contributed by atoms with Gasteiger partial charge in [-0.1, -0.05) is 18.2 Å². The third-order valence-corrected chi connectivity index (χ3v) is 4.00. The molecule has 102 valence electrons. The lowest BCUT2D eigenvalue weighted by Gasteiger charge is -2.06. The molecule has 1 N–H and O–H groups in total. The smallest absolute Gasteiger partial charge is 0.261 e. The number of para-hydroxylation sites is 2. The molecule has 0 saturated carbocycles. The Morgan fingerprint density at radius 1 is 1.20 bits per heavy atom. The van der Waals surface area contributed by atoms with E-state index in [4.69, 9.17) is 4.42 Å². The molecule has 0 unspecified atom stereocenters. The average molecular weight is 284 g/mol. The predicted octanol–water partition coefficient (Wildman–Crippen LogP) is 4.01. The molecule has 0 saturated heterocycles. The molecule has 0 spiro atoms. The molecule has 3 aromatic rings. The lowest BCUT2D eigenvalue weighted by Crippen LogP contribution is -2.06. The van der Waals surface area contributed by atoms with Crippen molar-refractivity contribution in [1.29, 1.82) is 0 Å². The van der Waals surface area contributed by atoms with Crippen molar-refractivity contribution in [2.45, 2.75) is 23.6 Å². The van der Waals surface area contributed by atoms with E-state index in [2.05, 4.69) is 35.4 Å². The number of benzene rings is 2. The van der Waals surface area contributed by atoms with Crippen LogP contribution in [-0.4, -0.2) is 12.0 Å². The van der Waals surface area contributed by atoms with E-state index in [-0.39, 0.29) is 0 Å². The van der Waals surface area contributed by atoms with Crippen molar-refractivity contribution in [1.82, 2.24) is 10.3 Å². The van der Waals surface area contributed by atoms with Crippen molar-refractivity contribution < 1.29 is 4.42 Å². The zero-order valence-electron chi connectivity index (χ0n) is 11.5. The summed E-state index contributed by atoms with van der Waals surface area (Å²) in [5.41, 5.74) is 4.33. The van der Waals surface area contributed by atoms with Crippen LogP contribution in [0.4, 0.5) is 0 Å². The fourth-order valence-corrected chi connectivity index (χ4v) is 2.97. The number of fused-ring (bicyclic) bond motifs is 1. The van der Waals surface area contributed by atoms with Gasteiger partial charge in [0.1, 0.15) is 5.52 Å². The molecule has 1 aromatic heterocycles. The number of aromatic nitrogens is 1. The molecular formula is C16H16N2OS. The van der Waals surface area contributed by atoms with E-state index in [9.17, 15) is 0 Å². The number of nitrogens with zero attached hydrogens (tertiary/aromatic N) is 1. The fourth-order valence-electron chi connectivity index (χ4n) is 2.12. The van der Waals surface area contributed by atoms with Crippen LogP contribution in [-0.2, 0) is 6.54 Å². The van der Waals surface area contributed by atoms with Crippen molar-refractivity contribution in [3.63, 3.8) is 0 Å². The highest BCUT2D eigenvalue weighted by molar-refractivity contribution is 7.99. The van der Waals surface area contributed by atoms with Gasteiger partial charge in [-0.2, -0.15) is 0 Å². The van der Waals surface area contributed by atoms with Crippen LogP contribution in [0.2, 0.25) is 0 Å². The maximum absolute atomic E-state index is 5.73. The minimum absolute atomic E-state index is 0.687. The van der Waals surface area contributed by atoms with Gasteiger partial charge in [-0.15, -0.1) is 0 Å². The SMILES string of the molecule is CNCc1ccc(Sc2nc3ccccc3o2)cc1C. The van der Waals surface area contributed by atoms with Crippen LogP contribution in [0.25, 0.3) is 11.1 Å². The Bertz CT molecular complexity index is 703. The Hall–Kier alpha value is -1.78. The summed E-state index contributed by atoms with van der Waals surface area (Å²) in [4.78, 5) is 5.63. The third kappa shape index (κ3) is 2.71. The minimum atomic E-state index is 0.687. The molecule has 4 heteroatoms. The van der Waals surface area contributed by atoms with E-state index >= 15 is 0 Å². The minimum Gasteiger partial charge on any atom is -0.431 e. The third-order valence-electron chi connectivity index (χ3n) is 3.16. The van der Waals surface area contributed by atoms with Gasteiger partial charge in [0.15, 0.2) is 5.58 Å². The fraction of sp³-hybridized carbons (Fsp3) is 0.188. The van der Waals surface area contributed by atoms with Crippen molar-refractivity contribution in [2.75, 3.05) is 7.05 Å². The van der Waals surface area contributed by atoms with Gasteiger partial charge in [-0.25, -0.2) is 4.98 Å². The molecule has 0 bridgehead atoms. The molecule has 0 radical (unpaired) electrons. The van der Waals surface area contributed by atoms with Crippen LogP contribution >= 0.6 is 11.8 Å². The lowest BCUT2D eigenvalue weighted by atomic mass is 10.1. The second kappa shape index (κ2) is 5.69. The Morgan fingerprint density at radius 3 is 2.80 bits per heavy atom. The zero-order valence-corrected chi connectivity index (χ0v) is 12.3. The molecule has 3 nitrogen and oxygen atoms in total. The summed E-state index contributed by atoms with van der Waals surface area (Å²) < 4.78 is 5.73. The molecule has 2 aromatic carbocycles. The van der Waals surface area contributed by atoms with Gasteiger partial charge in [0.2, 0.25) is 0 Å². The summed E-state index contributed by atoms with van der Waals surface area (Å²) in [5, 5.41) is 3.86. The molecule has 3 rings (SSSR count). The van der Waals surface area contributed by atoms with Crippen molar-refractivity contribution >= 4 is 22.9 Å². The topological polar surface area (TPSA) is 38.1 Å². The molecule has 1 heterocycles. The quantitative estimate of drug-likeness (QED) is 0.785. The lowest BCUT2D eigenvalue weighted by molar-refractivity contribution is 0.489. The van der Waals surface area contributed by atoms with Gasteiger partial charge in [-0.05, 0) is 61.1 Å². The highest BCUT2D eigenvalue weighted by atomic mass is 32.2. The molecule has 0 atom stereocenters. The van der Waals surface area contributed by atoms with Crippen LogP contribution in [0.15, 0.2) is 57.0 Å². The van der Waals surface area contributed by atoms with Crippen molar-refractivity contribution in [3.05, 3.63) is 53.6 Å². The first-order valence-electron chi connectivity index (χ1n) is 6.54. The number of nitrogens with one attached hydrogen (secondary N) is 1. The number of hydrogen-bond donors (Lipinski definition) is 1. The number of aryl methyl sites for hydroxylation is 1. The number of oxazole rings is 1. The van der Waals surface area contributed by atoms with E-state index in [1.807, 2.05) is 31.3 Å². The van der Waals surface area contributed by atoms with Gasteiger partial charge in [0.05, 0.1) is 0 Å². The monoisotopic (exact) mass is 284 g/mol. The van der Waals surface area contributed by atoms with Crippen molar-refractivity contribution in [3.8, 4) is 0 Å². The zero-order chi connectivity index (χ0) is 13.9.